The van der Waals surface area contributed by atoms with Crippen LogP contribution in [-0.4, -0.2) is 72.3 Å². The predicted octanol–water partition coefficient (Wildman–Crippen LogP) is 4.24. The largest absolute Gasteiger partial charge is 0.384 e. The molecule has 224 valence electrons. The van der Waals surface area contributed by atoms with E-state index in [0.29, 0.717) is 52.7 Å². The summed E-state index contributed by atoms with van der Waals surface area (Å²) in [7, 11) is 2.16. The number of amides is 2. The molecule has 4 heterocycles. The molecule has 9 nitrogen and oxygen atoms in total. The Labute approximate surface area is 248 Å². The zero-order valence-electron chi connectivity index (χ0n) is 24.7. The maximum absolute atomic E-state index is 13.2. The molecule has 4 aliphatic rings. The topological polar surface area (TPSA) is 121 Å². The number of likely N-dealkylation sites (tertiary alicyclic amines) is 1. The Balaban J connectivity index is 1.03. The van der Waals surface area contributed by atoms with Crippen LogP contribution in [0.25, 0.3) is 0 Å². The normalized spacial score (nSPS) is 24.4. The fourth-order valence-electron chi connectivity index (χ4n) is 7.09. The van der Waals surface area contributed by atoms with Crippen molar-refractivity contribution in [3.05, 3.63) is 53.2 Å². The number of pyridine rings is 1. The number of Topliss-reactive ketones (excluding diaryl/α,β-unsaturated/α-hetero) is 1. The first-order valence-electron chi connectivity index (χ1n) is 15.8. The summed E-state index contributed by atoms with van der Waals surface area (Å²) in [6.45, 7) is 3.04. The van der Waals surface area contributed by atoms with Crippen molar-refractivity contribution in [2.45, 2.75) is 82.3 Å². The minimum Gasteiger partial charge on any atom is -0.384 e. The van der Waals surface area contributed by atoms with Crippen LogP contribution in [0.1, 0.15) is 95.3 Å². The number of aromatic nitrogens is 1. The lowest BCUT2D eigenvalue weighted by atomic mass is 9.91. The SMILES string of the molecule is CN1CCC(CCC(=O)c2ccc(N3C4CCC3CC(NC(=O)c3ccc(C(N)=O)c(NCC5CC5)c3)C4)nc2)CC1. The molecule has 6 rings (SSSR count). The molecule has 2 aromatic rings. The van der Waals surface area contributed by atoms with Gasteiger partial charge in [0.25, 0.3) is 11.8 Å². The van der Waals surface area contributed by atoms with Crippen molar-refractivity contribution >= 4 is 29.1 Å². The molecule has 1 saturated carbocycles. The Kier molecular flexibility index (Phi) is 8.47. The van der Waals surface area contributed by atoms with Crippen LogP contribution in [0.4, 0.5) is 11.5 Å². The number of rotatable bonds is 11. The first-order valence-corrected chi connectivity index (χ1v) is 15.8. The standard InChI is InChI=1S/C33H44N6O3/c1-38-14-12-21(13-15-38)4-10-30(40)24-6-11-31(36-20-24)39-26-7-8-27(39)18-25(17-26)37-33(42)23-5-9-28(32(34)41)29(16-23)35-19-22-2-3-22/h5-6,9,11,16,20-22,25-27,35H,2-4,7-8,10,12-15,17-19H2,1H3,(H2,34,41)(H,37,42). The number of piperidine rings is 2. The maximum Gasteiger partial charge on any atom is 0.251 e. The van der Waals surface area contributed by atoms with Crippen LogP contribution in [0.3, 0.4) is 0 Å². The number of nitrogens with zero attached hydrogens (tertiary/aromatic N) is 3. The molecule has 4 fully saturated rings. The Morgan fingerprint density at radius 2 is 1.64 bits per heavy atom. The van der Waals surface area contributed by atoms with E-state index in [9.17, 15) is 14.4 Å². The number of carbonyl (C=O) groups is 3. The minimum atomic E-state index is -0.497. The van der Waals surface area contributed by atoms with Crippen molar-refractivity contribution in [3.8, 4) is 0 Å². The van der Waals surface area contributed by atoms with Gasteiger partial charge in [0.15, 0.2) is 5.78 Å². The number of ketones is 1. The lowest BCUT2D eigenvalue weighted by Gasteiger charge is -2.40. The fraction of sp³-hybridized carbons (Fsp3) is 0.576. The molecule has 9 heteroatoms. The molecule has 3 saturated heterocycles. The molecule has 1 aromatic heterocycles. The van der Waals surface area contributed by atoms with Gasteiger partial charge in [0.1, 0.15) is 5.82 Å². The van der Waals surface area contributed by atoms with Gasteiger partial charge in [0.2, 0.25) is 0 Å². The Morgan fingerprint density at radius 3 is 2.29 bits per heavy atom. The zero-order chi connectivity index (χ0) is 29.2. The zero-order valence-corrected chi connectivity index (χ0v) is 24.7. The van der Waals surface area contributed by atoms with Crippen LogP contribution in [0, 0.1) is 11.8 Å². The molecule has 2 unspecified atom stereocenters. The quantitative estimate of drug-likeness (QED) is 0.345. The van der Waals surface area contributed by atoms with E-state index in [-0.39, 0.29) is 17.7 Å². The number of nitrogens with one attached hydrogen (secondary N) is 2. The number of carbonyl (C=O) groups excluding carboxylic acids is 3. The second-order valence-electron chi connectivity index (χ2n) is 13.0. The molecule has 1 aliphatic carbocycles. The van der Waals surface area contributed by atoms with Gasteiger partial charge in [-0.05, 0) is 120 Å². The summed E-state index contributed by atoms with van der Waals surface area (Å²) in [5.74, 6) is 1.77. The first-order chi connectivity index (χ1) is 20.3. The van der Waals surface area contributed by atoms with Crippen molar-refractivity contribution in [3.63, 3.8) is 0 Å². The number of hydrogen-bond acceptors (Lipinski definition) is 7. The third kappa shape index (κ3) is 6.61. The Morgan fingerprint density at radius 1 is 0.929 bits per heavy atom. The van der Waals surface area contributed by atoms with E-state index in [0.717, 1.165) is 57.6 Å². The molecular weight excluding hydrogens is 528 g/mol. The lowest BCUT2D eigenvalue weighted by molar-refractivity contribution is 0.0924. The van der Waals surface area contributed by atoms with E-state index in [1.54, 1.807) is 24.4 Å². The van der Waals surface area contributed by atoms with Crippen LogP contribution in [-0.2, 0) is 0 Å². The summed E-state index contributed by atoms with van der Waals surface area (Å²) in [5, 5.41) is 6.57. The first kappa shape index (κ1) is 28.6. The number of benzene rings is 1. The van der Waals surface area contributed by atoms with Crippen molar-refractivity contribution < 1.29 is 14.4 Å². The van der Waals surface area contributed by atoms with Gasteiger partial charge in [0, 0.05) is 54.1 Å². The summed E-state index contributed by atoms with van der Waals surface area (Å²) in [4.78, 5) is 47.5. The molecule has 2 atom stereocenters. The molecule has 0 radical (unpaired) electrons. The number of primary amides is 1. The van der Waals surface area contributed by atoms with E-state index in [1.807, 2.05) is 12.1 Å². The molecule has 3 aliphatic heterocycles. The van der Waals surface area contributed by atoms with Crippen LogP contribution in [0.15, 0.2) is 36.5 Å². The fourth-order valence-corrected chi connectivity index (χ4v) is 7.09. The number of fused-ring (bicyclic) bond motifs is 2. The maximum atomic E-state index is 13.2. The highest BCUT2D eigenvalue weighted by molar-refractivity contribution is 6.02. The van der Waals surface area contributed by atoms with Gasteiger partial charge in [-0.1, -0.05) is 0 Å². The highest BCUT2D eigenvalue weighted by Gasteiger charge is 2.42. The van der Waals surface area contributed by atoms with Crippen molar-refractivity contribution in [1.29, 1.82) is 0 Å². The lowest BCUT2D eigenvalue weighted by Crippen LogP contribution is -2.50. The van der Waals surface area contributed by atoms with E-state index in [2.05, 4.69) is 27.5 Å². The van der Waals surface area contributed by atoms with Crippen molar-refractivity contribution in [2.24, 2.45) is 17.6 Å². The monoisotopic (exact) mass is 572 g/mol. The van der Waals surface area contributed by atoms with E-state index in [4.69, 9.17) is 10.7 Å². The second-order valence-corrected chi connectivity index (χ2v) is 13.0. The second kappa shape index (κ2) is 12.4. The molecule has 2 amide bonds. The minimum absolute atomic E-state index is 0.0744. The van der Waals surface area contributed by atoms with Crippen LogP contribution in [0.2, 0.25) is 0 Å². The highest BCUT2D eigenvalue weighted by Crippen LogP contribution is 2.39. The molecule has 1 aromatic carbocycles. The Bertz CT molecular complexity index is 1290. The molecule has 42 heavy (non-hydrogen) atoms. The smallest absolute Gasteiger partial charge is 0.251 e. The van der Waals surface area contributed by atoms with Crippen LogP contribution in [0.5, 0.6) is 0 Å². The summed E-state index contributed by atoms with van der Waals surface area (Å²) >= 11 is 0. The summed E-state index contributed by atoms with van der Waals surface area (Å²) in [6, 6.07) is 9.71. The number of anilines is 2. The van der Waals surface area contributed by atoms with Gasteiger partial charge in [-0.25, -0.2) is 4.98 Å². The average molecular weight is 573 g/mol. The summed E-state index contributed by atoms with van der Waals surface area (Å²) in [6.07, 6.45) is 11.9. The molecule has 0 spiro atoms. The molecule has 2 bridgehead atoms. The van der Waals surface area contributed by atoms with E-state index in [1.165, 1.54) is 25.7 Å². The molecular formula is C33H44N6O3. The van der Waals surface area contributed by atoms with Crippen LogP contribution >= 0.6 is 0 Å². The van der Waals surface area contributed by atoms with Gasteiger partial charge in [-0.3, -0.25) is 14.4 Å². The summed E-state index contributed by atoms with van der Waals surface area (Å²) < 4.78 is 0. The molecule has 4 N–H and O–H groups in total. The van der Waals surface area contributed by atoms with Crippen LogP contribution < -0.4 is 21.3 Å². The van der Waals surface area contributed by atoms with Crippen molar-refractivity contribution in [1.82, 2.24) is 15.2 Å². The van der Waals surface area contributed by atoms with E-state index < -0.39 is 5.91 Å². The van der Waals surface area contributed by atoms with Gasteiger partial charge in [0.05, 0.1) is 5.56 Å². The highest BCUT2D eigenvalue weighted by atomic mass is 16.2. The van der Waals surface area contributed by atoms with Gasteiger partial charge in [-0.15, -0.1) is 0 Å². The van der Waals surface area contributed by atoms with Gasteiger partial charge in [-0.2, -0.15) is 0 Å². The van der Waals surface area contributed by atoms with Gasteiger partial charge >= 0.3 is 0 Å². The third-order valence-corrected chi connectivity index (χ3v) is 9.85. The van der Waals surface area contributed by atoms with E-state index >= 15 is 0 Å². The third-order valence-electron chi connectivity index (χ3n) is 9.85. The number of hydrogen-bond donors (Lipinski definition) is 3. The van der Waals surface area contributed by atoms with Crippen molar-refractivity contribution in [2.75, 3.05) is 36.9 Å². The average Bonchev–Trinajstić information content (AvgIpc) is 3.78. The summed E-state index contributed by atoms with van der Waals surface area (Å²) in [5.41, 5.74) is 7.85. The Hall–Kier alpha value is -3.46. The predicted molar refractivity (Wildman–Crippen MR) is 164 cm³/mol. The number of nitrogens with two attached hydrogens (primary N) is 1. The van der Waals surface area contributed by atoms with Gasteiger partial charge < -0.3 is 26.2 Å².